The summed E-state index contributed by atoms with van der Waals surface area (Å²) in [7, 11) is 0. The molecular weight excluding hydrogens is 172 g/mol. The molecule has 2 saturated heterocycles. The highest BCUT2D eigenvalue weighted by molar-refractivity contribution is 4.76. The second kappa shape index (κ2) is 7.24. The van der Waals surface area contributed by atoms with Crippen LogP contribution >= 0.6 is 0 Å². The van der Waals surface area contributed by atoms with Gasteiger partial charge in [-0.2, -0.15) is 0 Å². The molecule has 2 rings (SSSR count). The van der Waals surface area contributed by atoms with Gasteiger partial charge in [0.2, 0.25) is 0 Å². The van der Waals surface area contributed by atoms with Crippen LogP contribution in [0.5, 0.6) is 0 Å². The fourth-order valence-electron chi connectivity index (χ4n) is 2.38. The number of hydrogen-bond acceptors (Lipinski definition) is 2. The Morgan fingerprint density at radius 1 is 1.14 bits per heavy atom. The van der Waals surface area contributed by atoms with Crippen LogP contribution in [-0.2, 0) is 0 Å². The van der Waals surface area contributed by atoms with Crippen molar-refractivity contribution in [2.45, 2.75) is 39.5 Å². The minimum atomic E-state index is 0.947. The summed E-state index contributed by atoms with van der Waals surface area (Å²) in [6, 6.07) is 0. The smallest absolute Gasteiger partial charge is 0.00223 e. The molecule has 0 aromatic heterocycles. The van der Waals surface area contributed by atoms with E-state index < -0.39 is 0 Å². The second-order valence-electron chi connectivity index (χ2n) is 4.22. The van der Waals surface area contributed by atoms with Crippen molar-refractivity contribution in [2.75, 3.05) is 32.7 Å². The lowest BCUT2D eigenvalue weighted by molar-refractivity contribution is 0.200. The number of likely N-dealkylation sites (tertiary alicyclic amines) is 1. The SMILES string of the molecule is C1CCN(CC2CCNC2)CC1.CC. The highest BCUT2D eigenvalue weighted by Crippen LogP contribution is 2.14. The summed E-state index contributed by atoms with van der Waals surface area (Å²) in [5.74, 6) is 0.947. The van der Waals surface area contributed by atoms with Crippen LogP contribution in [0.3, 0.4) is 0 Å². The third-order valence-electron chi connectivity index (χ3n) is 3.13. The van der Waals surface area contributed by atoms with E-state index >= 15 is 0 Å². The zero-order valence-corrected chi connectivity index (χ0v) is 9.89. The summed E-state index contributed by atoms with van der Waals surface area (Å²) >= 11 is 0. The van der Waals surface area contributed by atoms with Crippen LogP contribution in [0.2, 0.25) is 0 Å². The fraction of sp³-hybridized carbons (Fsp3) is 1.00. The Hall–Kier alpha value is -0.0800. The number of nitrogens with zero attached hydrogens (tertiary/aromatic N) is 1. The lowest BCUT2D eigenvalue weighted by Crippen LogP contribution is -2.34. The predicted octanol–water partition coefficient (Wildman–Crippen LogP) is 2.11. The second-order valence-corrected chi connectivity index (χ2v) is 4.22. The van der Waals surface area contributed by atoms with Gasteiger partial charge in [-0.3, -0.25) is 0 Å². The molecule has 2 nitrogen and oxygen atoms in total. The van der Waals surface area contributed by atoms with Gasteiger partial charge in [-0.15, -0.1) is 0 Å². The van der Waals surface area contributed by atoms with Crippen molar-refractivity contribution in [3.05, 3.63) is 0 Å². The van der Waals surface area contributed by atoms with Gasteiger partial charge >= 0.3 is 0 Å². The molecule has 1 atom stereocenters. The molecule has 0 spiro atoms. The molecule has 0 amide bonds. The average molecular weight is 198 g/mol. The minimum absolute atomic E-state index is 0.947. The van der Waals surface area contributed by atoms with E-state index in [4.69, 9.17) is 0 Å². The van der Waals surface area contributed by atoms with Crippen molar-refractivity contribution in [1.82, 2.24) is 10.2 Å². The van der Waals surface area contributed by atoms with Gasteiger partial charge in [0.15, 0.2) is 0 Å². The molecule has 2 heteroatoms. The molecular formula is C12H26N2. The molecule has 0 aliphatic carbocycles. The zero-order chi connectivity index (χ0) is 10.2. The van der Waals surface area contributed by atoms with Crippen LogP contribution in [0.4, 0.5) is 0 Å². The topological polar surface area (TPSA) is 15.3 Å². The molecule has 2 aliphatic rings. The maximum Gasteiger partial charge on any atom is 0.00223 e. The van der Waals surface area contributed by atoms with E-state index in [-0.39, 0.29) is 0 Å². The maximum atomic E-state index is 3.44. The molecule has 14 heavy (non-hydrogen) atoms. The van der Waals surface area contributed by atoms with E-state index in [0.717, 1.165) is 5.92 Å². The van der Waals surface area contributed by atoms with E-state index in [9.17, 15) is 0 Å². The van der Waals surface area contributed by atoms with Crippen LogP contribution in [0.15, 0.2) is 0 Å². The lowest BCUT2D eigenvalue weighted by atomic mass is 10.1. The molecule has 2 fully saturated rings. The number of piperidine rings is 1. The van der Waals surface area contributed by atoms with Crippen LogP contribution in [0, 0.1) is 5.92 Å². The van der Waals surface area contributed by atoms with Crippen molar-refractivity contribution >= 4 is 0 Å². The Balaban J connectivity index is 0.000000461. The molecule has 1 unspecified atom stereocenters. The van der Waals surface area contributed by atoms with Crippen molar-refractivity contribution < 1.29 is 0 Å². The van der Waals surface area contributed by atoms with Crippen molar-refractivity contribution in [3.63, 3.8) is 0 Å². The Morgan fingerprint density at radius 3 is 2.43 bits per heavy atom. The number of nitrogens with one attached hydrogen (secondary N) is 1. The third-order valence-corrected chi connectivity index (χ3v) is 3.13. The van der Waals surface area contributed by atoms with Gasteiger partial charge in [0.25, 0.3) is 0 Å². The van der Waals surface area contributed by atoms with Crippen LogP contribution < -0.4 is 5.32 Å². The largest absolute Gasteiger partial charge is 0.316 e. The quantitative estimate of drug-likeness (QED) is 0.731. The molecule has 2 aliphatic heterocycles. The average Bonchev–Trinajstić information content (AvgIpc) is 2.75. The summed E-state index contributed by atoms with van der Waals surface area (Å²) in [4.78, 5) is 2.65. The maximum absolute atomic E-state index is 3.44. The predicted molar refractivity (Wildman–Crippen MR) is 62.6 cm³/mol. The molecule has 0 bridgehead atoms. The van der Waals surface area contributed by atoms with Gasteiger partial charge in [-0.05, 0) is 51.4 Å². The lowest BCUT2D eigenvalue weighted by Gasteiger charge is -2.28. The van der Waals surface area contributed by atoms with Gasteiger partial charge in [-0.1, -0.05) is 20.3 Å². The molecule has 0 saturated carbocycles. The van der Waals surface area contributed by atoms with E-state index in [2.05, 4.69) is 10.2 Å². The molecule has 0 aromatic carbocycles. The van der Waals surface area contributed by atoms with Gasteiger partial charge in [0.1, 0.15) is 0 Å². The summed E-state index contributed by atoms with van der Waals surface area (Å²) < 4.78 is 0. The van der Waals surface area contributed by atoms with Gasteiger partial charge in [0, 0.05) is 6.54 Å². The molecule has 2 heterocycles. The summed E-state index contributed by atoms with van der Waals surface area (Å²) in [6.45, 7) is 10.6. The monoisotopic (exact) mass is 198 g/mol. The van der Waals surface area contributed by atoms with Crippen molar-refractivity contribution in [3.8, 4) is 0 Å². The van der Waals surface area contributed by atoms with Crippen LogP contribution in [0.1, 0.15) is 39.5 Å². The summed E-state index contributed by atoms with van der Waals surface area (Å²) in [5, 5.41) is 3.44. The zero-order valence-electron chi connectivity index (χ0n) is 9.89. The van der Waals surface area contributed by atoms with E-state index in [1.165, 1.54) is 58.4 Å². The Morgan fingerprint density at radius 2 is 1.86 bits per heavy atom. The van der Waals surface area contributed by atoms with E-state index in [0.29, 0.717) is 0 Å². The molecule has 0 radical (unpaired) electrons. The molecule has 0 aromatic rings. The first-order valence-corrected chi connectivity index (χ1v) is 6.38. The van der Waals surface area contributed by atoms with Gasteiger partial charge < -0.3 is 10.2 Å². The van der Waals surface area contributed by atoms with Crippen molar-refractivity contribution in [1.29, 1.82) is 0 Å². The first-order chi connectivity index (χ1) is 6.95. The van der Waals surface area contributed by atoms with Gasteiger partial charge in [0.05, 0.1) is 0 Å². The van der Waals surface area contributed by atoms with Crippen LogP contribution in [-0.4, -0.2) is 37.6 Å². The summed E-state index contributed by atoms with van der Waals surface area (Å²) in [5.41, 5.74) is 0. The third kappa shape index (κ3) is 3.97. The fourth-order valence-corrected chi connectivity index (χ4v) is 2.38. The highest BCUT2D eigenvalue weighted by atomic mass is 15.1. The Bertz CT molecular complexity index is 124. The first kappa shape index (κ1) is 12.0. The van der Waals surface area contributed by atoms with Gasteiger partial charge in [-0.25, -0.2) is 0 Å². The summed E-state index contributed by atoms with van der Waals surface area (Å²) in [6.07, 6.45) is 5.72. The van der Waals surface area contributed by atoms with Crippen LogP contribution in [0.25, 0.3) is 0 Å². The molecule has 1 N–H and O–H groups in total. The normalized spacial score (nSPS) is 28.3. The minimum Gasteiger partial charge on any atom is -0.316 e. The van der Waals surface area contributed by atoms with E-state index in [1.807, 2.05) is 13.8 Å². The van der Waals surface area contributed by atoms with E-state index in [1.54, 1.807) is 0 Å². The number of hydrogen-bond donors (Lipinski definition) is 1. The molecule has 84 valence electrons. The first-order valence-electron chi connectivity index (χ1n) is 6.38. The standard InChI is InChI=1S/C10H20N2.C2H6/c1-2-6-12(7-3-1)9-10-4-5-11-8-10;1-2/h10-11H,1-9H2;1-2H3. The highest BCUT2D eigenvalue weighted by Gasteiger charge is 2.18. The Labute approximate surface area is 89.1 Å². The Kier molecular flexibility index (Phi) is 6.20. The van der Waals surface area contributed by atoms with Crippen molar-refractivity contribution in [2.24, 2.45) is 5.92 Å². The number of rotatable bonds is 2.